The van der Waals surface area contributed by atoms with E-state index in [2.05, 4.69) is 20.8 Å². The van der Waals surface area contributed by atoms with E-state index in [-0.39, 0.29) is 5.69 Å². The standard InChI is InChI=1S/C19H16BrClN2O3/c20-14-10-13-16(11-15(14)21)23(12-4-2-1-3-5-12)18(19(24)25)17(13)22-6-8-26-9-7-22/h1-5,10-11H,6-9H2,(H,24,25). The quantitative estimate of drug-likeness (QED) is 0.654. The highest BCUT2D eigenvalue weighted by Gasteiger charge is 2.28. The molecule has 1 aliphatic rings. The lowest BCUT2D eigenvalue weighted by Crippen LogP contribution is -2.37. The van der Waals surface area contributed by atoms with E-state index in [9.17, 15) is 9.90 Å². The van der Waals surface area contributed by atoms with Gasteiger partial charge in [-0.3, -0.25) is 0 Å². The minimum absolute atomic E-state index is 0.238. The van der Waals surface area contributed by atoms with Crippen molar-refractivity contribution < 1.29 is 14.6 Å². The highest BCUT2D eigenvalue weighted by Crippen LogP contribution is 2.40. The number of fused-ring (bicyclic) bond motifs is 1. The maximum atomic E-state index is 12.3. The van der Waals surface area contributed by atoms with Crippen molar-refractivity contribution in [2.45, 2.75) is 0 Å². The molecule has 0 saturated carbocycles. The molecule has 0 unspecified atom stereocenters. The van der Waals surface area contributed by atoms with Gasteiger partial charge in [0.25, 0.3) is 0 Å². The van der Waals surface area contributed by atoms with Gasteiger partial charge in [0.15, 0.2) is 5.69 Å². The van der Waals surface area contributed by atoms with Crippen molar-refractivity contribution in [1.82, 2.24) is 4.57 Å². The van der Waals surface area contributed by atoms with Crippen molar-refractivity contribution >= 4 is 50.1 Å². The van der Waals surface area contributed by atoms with Crippen molar-refractivity contribution in [2.75, 3.05) is 31.2 Å². The SMILES string of the molecule is O=C(O)c1c(N2CCOCC2)c2cc(Br)c(Cl)cc2n1-c1ccccc1. The van der Waals surface area contributed by atoms with Crippen LogP contribution in [-0.4, -0.2) is 41.9 Å². The van der Waals surface area contributed by atoms with Gasteiger partial charge in [-0.25, -0.2) is 4.79 Å². The highest BCUT2D eigenvalue weighted by atomic mass is 79.9. The summed E-state index contributed by atoms with van der Waals surface area (Å²) in [6.45, 7) is 2.44. The van der Waals surface area contributed by atoms with E-state index >= 15 is 0 Å². The third-order valence-corrected chi connectivity index (χ3v) is 5.72. The molecule has 5 nitrogen and oxygen atoms in total. The Morgan fingerprint density at radius 2 is 1.85 bits per heavy atom. The second kappa shape index (κ2) is 6.95. The molecular formula is C19H16BrClN2O3. The van der Waals surface area contributed by atoms with Crippen LogP contribution in [0.25, 0.3) is 16.6 Å². The van der Waals surface area contributed by atoms with Gasteiger partial charge in [0.1, 0.15) is 0 Å². The molecule has 0 atom stereocenters. The van der Waals surface area contributed by atoms with E-state index in [1.165, 1.54) is 0 Å². The summed E-state index contributed by atoms with van der Waals surface area (Å²) in [5.41, 5.74) is 2.50. The van der Waals surface area contributed by atoms with Gasteiger partial charge < -0.3 is 19.3 Å². The minimum Gasteiger partial charge on any atom is -0.476 e. The van der Waals surface area contributed by atoms with Crippen molar-refractivity contribution in [2.24, 2.45) is 0 Å². The van der Waals surface area contributed by atoms with Gasteiger partial charge in [-0.05, 0) is 40.2 Å². The van der Waals surface area contributed by atoms with E-state index in [4.69, 9.17) is 16.3 Å². The number of anilines is 1. The molecule has 1 aromatic heterocycles. The summed E-state index contributed by atoms with van der Waals surface area (Å²) in [6, 6.07) is 13.2. The number of para-hydroxylation sites is 1. The number of morpholine rings is 1. The van der Waals surface area contributed by atoms with Crippen LogP contribution in [0.1, 0.15) is 10.5 Å². The normalized spacial score (nSPS) is 14.8. The number of aromatic carboxylic acids is 1. The Morgan fingerprint density at radius 1 is 1.15 bits per heavy atom. The summed E-state index contributed by atoms with van der Waals surface area (Å²) >= 11 is 9.80. The lowest BCUT2D eigenvalue weighted by atomic mass is 10.2. The second-order valence-electron chi connectivity index (χ2n) is 6.06. The van der Waals surface area contributed by atoms with Crippen LogP contribution in [0, 0.1) is 0 Å². The Labute approximate surface area is 163 Å². The van der Waals surface area contributed by atoms with Crippen LogP contribution >= 0.6 is 27.5 Å². The first-order valence-corrected chi connectivity index (χ1v) is 9.40. The number of hydrogen-bond acceptors (Lipinski definition) is 3. The van der Waals surface area contributed by atoms with E-state index in [0.717, 1.165) is 21.1 Å². The van der Waals surface area contributed by atoms with E-state index in [0.29, 0.717) is 37.0 Å². The molecule has 134 valence electrons. The van der Waals surface area contributed by atoms with Crippen LogP contribution in [0.3, 0.4) is 0 Å². The van der Waals surface area contributed by atoms with Crippen molar-refractivity contribution in [1.29, 1.82) is 0 Å². The Morgan fingerprint density at radius 3 is 2.50 bits per heavy atom. The van der Waals surface area contributed by atoms with Crippen LogP contribution in [-0.2, 0) is 4.74 Å². The molecule has 1 aliphatic heterocycles. The van der Waals surface area contributed by atoms with Gasteiger partial charge in [0.2, 0.25) is 0 Å². The molecular weight excluding hydrogens is 420 g/mol. The summed E-state index contributed by atoms with van der Waals surface area (Å²) in [7, 11) is 0. The third kappa shape index (κ3) is 2.88. The molecule has 4 rings (SSSR count). The number of aromatic nitrogens is 1. The zero-order chi connectivity index (χ0) is 18.3. The summed E-state index contributed by atoms with van der Waals surface area (Å²) in [4.78, 5) is 14.4. The number of carboxylic acid groups (broad SMARTS) is 1. The summed E-state index contributed by atoms with van der Waals surface area (Å²) in [5.74, 6) is -0.973. The Balaban J connectivity index is 2.10. The van der Waals surface area contributed by atoms with Crippen molar-refractivity contribution in [3.05, 3.63) is 57.7 Å². The number of hydrogen-bond donors (Lipinski definition) is 1. The molecule has 2 aromatic carbocycles. The van der Waals surface area contributed by atoms with E-state index < -0.39 is 5.97 Å². The number of carbonyl (C=O) groups is 1. The zero-order valence-electron chi connectivity index (χ0n) is 13.8. The predicted molar refractivity (Wildman–Crippen MR) is 106 cm³/mol. The van der Waals surface area contributed by atoms with Crippen LogP contribution in [0.4, 0.5) is 5.69 Å². The number of carboxylic acids is 1. The molecule has 2 heterocycles. The fraction of sp³-hybridized carbons (Fsp3) is 0.211. The minimum atomic E-state index is -0.973. The van der Waals surface area contributed by atoms with Crippen LogP contribution in [0.15, 0.2) is 46.9 Å². The lowest BCUT2D eigenvalue weighted by molar-refractivity contribution is 0.0688. The van der Waals surface area contributed by atoms with Crippen LogP contribution in [0.2, 0.25) is 5.02 Å². The molecule has 0 spiro atoms. The lowest BCUT2D eigenvalue weighted by Gasteiger charge is -2.29. The first-order valence-electron chi connectivity index (χ1n) is 8.23. The topological polar surface area (TPSA) is 54.7 Å². The molecule has 1 saturated heterocycles. The number of benzene rings is 2. The molecule has 3 aromatic rings. The first kappa shape index (κ1) is 17.4. The second-order valence-corrected chi connectivity index (χ2v) is 7.32. The molecule has 7 heteroatoms. The van der Waals surface area contributed by atoms with Gasteiger partial charge in [-0.2, -0.15) is 0 Å². The molecule has 0 bridgehead atoms. The molecule has 1 N–H and O–H groups in total. The van der Waals surface area contributed by atoms with Crippen molar-refractivity contribution in [3.8, 4) is 5.69 Å². The van der Waals surface area contributed by atoms with Crippen LogP contribution in [0.5, 0.6) is 0 Å². The Kier molecular flexibility index (Phi) is 4.65. The van der Waals surface area contributed by atoms with Gasteiger partial charge >= 0.3 is 5.97 Å². The fourth-order valence-corrected chi connectivity index (χ4v) is 3.92. The fourth-order valence-electron chi connectivity index (χ4n) is 3.41. The van der Waals surface area contributed by atoms with Gasteiger partial charge in [0, 0.05) is 28.6 Å². The van der Waals surface area contributed by atoms with E-state index in [1.807, 2.05) is 42.5 Å². The van der Waals surface area contributed by atoms with Gasteiger partial charge in [0.05, 0.1) is 29.4 Å². The summed E-state index contributed by atoms with van der Waals surface area (Å²) in [5, 5.41) is 11.4. The molecule has 0 aliphatic carbocycles. The number of rotatable bonds is 3. The maximum Gasteiger partial charge on any atom is 0.355 e. The average Bonchev–Trinajstić information content (AvgIpc) is 2.98. The predicted octanol–water partition coefficient (Wildman–Crippen LogP) is 4.58. The third-order valence-electron chi connectivity index (χ3n) is 4.53. The van der Waals surface area contributed by atoms with Gasteiger partial charge in [-0.1, -0.05) is 29.8 Å². The van der Waals surface area contributed by atoms with Gasteiger partial charge in [-0.15, -0.1) is 0 Å². The molecule has 26 heavy (non-hydrogen) atoms. The van der Waals surface area contributed by atoms with Crippen LogP contribution < -0.4 is 4.90 Å². The summed E-state index contributed by atoms with van der Waals surface area (Å²) in [6.07, 6.45) is 0. The number of nitrogens with zero attached hydrogens (tertiary/aromatic N) is 2. The molecule has 0 radical (unpaired) electrons. The first-order chi connectivity index (χ1) is 12.6. The van der Waals surface area contributed by atoms with E-state index in [1.54, 1.807) is 4.57 Å². The monoisotopic (exact) mass is 434 g/mol. The number of halogens is 2. The maximum absolute atomic E-state index is 12.3. The smallest absolute Gasteiger partial charge is 0.355 e. The largest absolute Gasteiger partial charge is 0.476 e. The average molecular weight is 436 g/mol. The Hall–Kier alpha value is -2.02. The molecule has 1 fully saturated rings. The highest BCUT2D eigenvalue weighted by molar-refractivity contribution is 9.10. The molecule has 0 amide bonds. The zero-order valence-corrected chi connectivity index (χ0v) is 16.1. The van der Waals surface area contributed by atoms with Crippen molar-refractivity contribution in [3.63, 3.8) is 0 Å². The summed E-state index contributed by atoms with van der Waals surface area (Å²) < 4.78 is 7.95. The number of ether oxygens (including phenoxy) is 1. The Bertz CT molecular complexity index is 982.